The average Bonchev–Trinajstić information content (AvgIpc) is 2.41. The largest absolute Gasteiger partial charge is 0.483 e. The van der Waals surface area contributed by atoms with E-state index in [1.54, 1.807) is 26.4 Å². The van der Waals surface area contributed by atoms with Gasteiger partial charge in [-0.3, -0.25) is 0 Å². The molecule has 108 valence electrons. The summed E-state index contributed by atoms with van der Waals surface area (Å²) in [6.45, 7) is 2.03. The molecule has 1 rings (SSSR count). The Morgan fingerprint density at radius 2 is 1.95 bits per heavy atom. The molecular formula is C14H23FO3Si. The molecule has 0 saturated carbocycles. The van der Waals surface area contributed by atoms with Gasteiger partial charge in [0.25, 0.3) is 0 Å². The number of hydrogen-bond acceptors (Lipinski definition) is 3. The highest BCUT2D eigenvalue weighted by Crippen LogP contribution is 2.11. The van der Waals surface area contributed by atoms with Crippen molar-refractivity contribution in [2.45, 2.75) is 38.7 Å². The second kappa shape index (κ2) is 9.20. The fourth-order valence-corrected chi connectivity index (χ4v) is 2.85. The normalized spacial score (nSPS) is 12.9. The first-order valence-corrected chi connectivity index (χ1v) is 8.02. The van der Waals surface area contributed by atoms with Crippen molar-refractivity contribution in [2.24, 2.45) is 0 Å². The quantitative estimate of drug-likeness (QED) is 0.516. The fraction of sp³-hybridized carbons (Fsp3) is 0.571. The molecule has 1 atom stereocenters. The second-order valence-corrected chi connectivity index (χ2v) is 6.37. The molecule has 0 radical (unpaired) electrons. The lowest BCUT2D eigenvalue weighted by molar-refractivity contribution is 0.0894. The summed E-state index contributed by atoms with van der Waals surface area (Å²) < 4.78 is 28.9. The van der Waals surface area contributed by atoms with Gasteiger partial charge >= 0.3 is 9.53 Å². The number of halogens is 1. The molecule has 0 fully saturated rings. The lowest BCUT2D eigenvalue weighted by Crippen LogP contribution is -2.28. The van der Waals surface area contributed by atoms with Gasteiger partial charge in [0.1, 0.15) is 5.82 Å². The molecular weight excluding hydrogens is 263 g/mol. The number of aryl methyl sites for hydroxylation is 1. The summed E-state index contributed by atoms with van der Waals surface area (Å²) in [6.07, 6.45) is 4.09. The maximum absolute atomic E-state index is 13.0. The first-order valence-electron chi connectivity index (χ1n) is 6.61. The van der Waals surface area contributed by atoms with Gasteiger partial charge in [-0.2, -0.15) is 0 Å². The smallest absolute Gasteiger partial charge is 0.379 e. The average molecular weight is 286 g/mol. The summed E-state index contributed by atoms with van der Waals surface area (Å²) in [7, 11) is 1.30. The standard InChI is InChI=1S/C14H23FO3Si/c1-12(18-19(16-2)17-3)7-4-5-8-13-9-6-10-14(15)11-13/h6,9-12,19H,4-5,7-8H2,1-3H3. The van der Waals surface area contributed by atoms with Gasteiger partial charge in [-0.15, -0.1) is 0 Å². The van der Waals surface area contributed by atoms with Crippen LogP contribution in [0.4, 0.5) is 4.39 Å². The Morgan fingerprint density at radius 3 is 2.58 bits per heavy atom. The van der Waals surface area contributed by atoms with Crippen LogP contribution in [0.1, 0.15) is 31.7 Å². The van der Waals surface area contributed by atoms with Crippen LogP contribution in [0.3, 0.4) is 0 Å². The van der Waals surface area contributed by atoms with Gasteiger partial charge in [-0.05, 0) is 43.9 Å². The SMILES string of the molecule is CO[SiH](OC)OC(C)CCCCc1cccc(F)c1. The number of unbranched alkanes of at least 4 members (excludes halogenated alkanes) is 1. The van der Waals surface area contributed by atoms with Crippen molar-refractivity contribution in [2.75, 3.05) is 14.2 Å². The van der Waals surface area contributed by atoms with Crippen LogP contribution in [0.15, 0.2) is 24.3 Å². The minimum absolute atomic E-state index is 0.143. The van der Waals surface area contributed by atoms with E-state index in [9.17, 15) is 4.39 Å². The van der Waals surface area contributed by atoms with E-state index in [0.717, 1.165) is 31.2 Å². The third-order valence-electron chi connectivity index (χ3n) is 2.94. The summed E-state index contributed by atoms with van der Waals surface area (Å²) in [4.78, 5) is 0. The van der Waals surface area contributed by atoms with E-state index in [1.165, 1.54) is 6.07 Å². The van der Waals surface area contributed by atoms with Crippen LogP contribution < -0.4 is 0 Å². The monoisotopic (exact) mass is 286 g/mol. The number of rotatable bonds is 9. The first kappa shape index (κ1) is 16.3. The minimum Gasteiger partial charge on any atom is -0.379 e. The van der Waals surface area contributed by atoms with Crippen LogP contribution in [0, 0.1) is 5.82 Å². The zero-order chi connectivity index (χ0) is 14.1. The van der Waals surface area contributed by atoms with E-state index >= 15 is 0 Å². The Morgan fingerprint density at radius 1 is 1.21 bits per heavy atom. The molecule has 1 unspecified atom stereocenters. The van der Waals surface area contributed by atoms with Crippen LogP contribution in [0.25, 0.3) is 0 Å². The Kier molecular flexibility index (Phi) is 7.89. The van der Waals surface area contributed by atoms with Crippen LogP contribution in [0.2, 0.25) is 0 Å². The zero-order valence-corrected chi connectivity index (χ0v) is 13.0. The summed E-state index contributed by atoms with van der Waals surface area (Å²) >= 11 is 0. The third-order valence-corrected chi connectivity index (χ3v) is 4.40. The van der Waals surface area contributed by atoms with Gasteiger partial charge < -0.3 is 13.3 Å². The molecule has 0 saturated heterocycles. The van der Waals surface area contributed by atoms with Crippen molar-refractivity contribution >= 4 is 9.53 Å². The van der Waals surface area contributed by atoms with E-state index in [0.29, 0.717) is 0 Å². The lowest BCUT2D eigenvalue weighted by atomic mass is 10.1. The summed E-state index contributed by atoms with van der Waals surface area (Å²) in [5, 5.41) is 0. The van der Waals surface area contributed by atoms with Crippen LogP contribution >= 0.6 is 0 Å². The van der Waals surface area contributed by atoms with E-state index in [1.807, 2.05) is 13.0 Å². The Balaban J connectivity index is 2.16. The lowest BCUT2D eigenvalue weighted by Gasteiger charge is -2.17. The molecule has 0 aliphatic carbocycles. The summed E-state index contributed by atoms with van der Waals surface area (Å²) in [5.41, 5.74) is 1.05. The fourth-order valence-electron chi connectivity index (χ4n) is 1.92. The van der Waals surface area contributed by atoms with E-state index in [-0.39, 0.29) is 11.9 Å². The van der Waals surface area contributed by atoms with Gasteiger partial charge in [-0.25, -0.2) is 4.39 Å². The molecule has 3 nitrogen and oxygen atoms in total. The van der Waals surface area contributed by atoms with Crippen LogP contribution in [-0.4, -0.2) is 29.9 Å². The molecule has 0 spiro atoms. The molecule has 0 amide bonds. The highest BCUT2D eigenvalue weighted by Gasteiger charge is 2.15. The number of benzene rings is 1. The highest BCUT2D eigenvalue weighted by molar-refractivity contribution is 6.36. The Bertz CT molecular complexity index is 358. The van der Waals surface area contributed by atoms with Crippen LogP contribution in [-0.2, 0) is 19.7 Å². The molecule has 0 aliphatic rings. The Labute approximate surface area is 116 Å². The molecule has 0 aliphatic heterocycles. The second-order valence-electron chi connectivity index (χ2n) is 4.58. The predicted molar refractivity (Wildman–Crippen MR) is 75.7 cm³/mol. The summed E-state index contributed by atoms with van der Waals surface area (Å²) in [5.74, 6) is -0.164. The maximum Gasteiger partial charge on any atom is 0.483 e. The van der Waals surface area contributed by atoms with E-state index in [4.69, 9.17) is 13.3 Å². The molecule has 1 aromatic rings. The van der Waals surface area contributed by atoms with Crippen molar-refractivity contribution in [1.29, 1.82) is 0 Å². The molecule has 0 bridgehead atoms. The van der Waals surface area contributed by atoms with Gasteiger partial charge in [-0.1, -0.05) is 18.6 Å². The van der Waals surface area contributed by atoms with Crippen molar-refractivity contribution in [1.82, 2.24) is 0 Å². The molecule has 0 N–H and O–H groups in total. The highest BCUT2D eigenvalue weighted by atomic mass is 28.3. The Hall–Kier alpha value is -0.753. The van der Waals surface area contributed by atoms with Gasteiger partial charge in [0.2, 0.25) is 0 Å². The molecule has 0 aromatic heterocycles. The van der Waals surface area contributed by atoms with Gasteiger partial charge in [0.15, 0.2) is 0 Å². The van der Waals surface area contributed by atoms with E-state index < -0.39 is 9.53 Å². The van der Waals surface area contributed by atoms with Crippen LogP contribution in [0.5, 0.6) is 0 Å². The first-order chi connectivity index (χ1) is 9.15. The molecule has 0 heterocycles. The number of hydrogen-bond donors (Lipinski definition) is 0. The molecule has 5 heteroatoms. The van der Waals surface area contributed by atoms with Crippen molar-refractivity contribution < 1.29 is 17.7 Å². The predicted octanol–water partition coefficient (Wildman–Crippen LogP) is 2.95. The topological polar surface area (TPSA) is 27.7 Å². The van der Waals surface area contributed by atoms with Gasteiger partial charge in [0.05, 0.1) is 0 Å². The van der Waals surface area contributed by atoms with Gasteiger partial charge in [0, 0.05) is 20.3 Å². The maximum atomic E-state index is 13.0. The summed E-state index contributed by atoms with van der Waals surface area (Å²) in [6, 6.07) is 6.78. The zero-order valence-electron chi connectivity index (χ0n) is 11.9. The van der Waals surface area contributed by atoms with Crippen molar-refractivity contribution in [3.05, 3.63) is 35.6 Å². The molecule has 1 aromatic carbocycles. The minimum atomic E-state index is -1.92. The molecule has 19 heavy (non-hydrogen) atoms. The van der Waals surface area contributed by atoms with Crippen molar-refractivity contribution in [3.8, 4) is 0 Å². The van der Waals surface area contributed by atoms with Crippen molar-refractivity contribution in [3.63, 3.8) is 0 Å². The third kappa shape index (κ3) is 6.82. The van der Waals surface area contributed by atoms with E-state index in [2.05, 4.69) is 0 Å².